The summed E-state index contributed by atoms with van der Waals surface area (Å²) in [5, 5.41) is 15.4. The van der Waals surface area contributed by atoms with Crippen LogP contribution in [-0.2, 0) is 24.9 Å². The number of rotatable bonds is 8. The molecule has 0 unspecified atom stereocenters. The Morgan fingerprint density at radius 3 is 2.14 bits per heavy atom. The minimum Gasteiger partial charge on any atom is -0.512 e. The maximum Gasteiger partial charge on any atom is 0.164 e. The number of allylic oxidation sites excluding steroid dienone is 2. The average Bonchev–Trinajstić information content (AvgIpc) is 3.43. The molecule has 0 bridgehead atoms. The van der Waals surface area contributed by atoms with E-state index in [0.29, 0.717) is 16.7 Å². The minimum atomic E-state index is -0.337. The van der Waals surface area contributed by atoms with Gasteiger partial charge in [0.1, 0.15) is 23.0 Å². The summed E-state index contributed by atoms with van der Waals surface area (Å²) >= 11 is 0. The Bertz CT molecular complexity index is 2190. The molecule has 4 nitrogen and oxygen atoms in total. The van der Waals surface area contributed by atoms with E-state index in [9.17, 15) is 18.7 Å². The fourth-order valence-corrected chi connectivity index (χ4v) is 6.09. The summed E-state index contributed by atoms with van der Waals surface area (Å²) in [6, 6.07) is 19.2. The third kappa shape index (κ3) is 7.20. The van der Waals surface area contributed by atoms with Gasteiger partial charge in [0.25, 0.3) is 0 Å². The first-order valence-corrected chi connectivity index (χ1v) is 16.8. The van der Waals surface area contributed by atoms with Crippen molar-refractivity contribution in [1.29, 1.82) is 0 Å². The van der Waals surface area contributed by atoms with Gasteiger partial charge in [0, 0.05) is 48.6 Å². The van der Waals surface area contributed by atoms with Crippen LogP contribution in [0.5, 0.6) is 0 Å². The van der Waals surface area contributed by atoms with Crippen LogP contribution in [0.2, 0.25) is 0 Å². The summed E-state index contributed by atoms with van der Waals surface area (Å²) in [6.07, 6.45) is 6.50. The van der Waals surface area contributed by atoms with E-state index in [-0.39, 0.29) is 54.1 Å². The first-order chi connectivity index (χ1) is 22.8. The summed E-state index contributed by atoms with van der Waals surface area (Å²) in [6.45, 7) is 15.8. The van der Waals surface area contributed by atoms with Crippen LogP contribution in [0.15, 0.2) is 77.0 Å². The number of fused-ring (bicyclic) bond motifs is 6. The van der Waals surface area contributed by atoms with Crippen molar-refractivity contribution in [1.82, 2.24) is 4.98 Å². The predicted molar refractivity (Wildman–Crippen MR) is 193 cm³/mol. The zero-order valence-electron chi connectivity index (χ0n) is 29.5. The Kier molecular flexibility index (Phi) is 11.5. The Hall–Kier alpha value is -3.93. The van der Waals surface area contributed by atoms with Crippen molar-refractivity contribution < 1.29 is 43.2 Å². The van der Waals surface area contributed by atoms with Crippen LogP contribution in [0.4, 0.5) is 8.78 Å². The van der Waals surface area contributed by atoms with E-state index in [1.54, 1.807) is 25.3 Å². The van der Waals surface area contributed by atoms with Crippen LogP contribution in [0.1, 0.15) is 78.4 Å². The molecule has 2 aromatic heterocycles. The molecule has 0 saturated carbocycles. The first kappa shape index (κ1) is 37.9. The van der Waals surface area contributed by atoms with Gasteiger partial charge in [0.15, 0.2) is 5.78 Å². The summed E-state index contributed by atoms with van der Waals surface area (Å²) in [5.41, 5.74) is 3.57. The summed E-state index contributed by atoms with van der Waals surface area (Å²) in [5.74, 6) is -0.238. The number of carbonyl (C=O) groups excluding carboxylic acids is 1. The Balaban J connectivity index is 0.000000260. The molecule has 1 radical (unpaired) electrons. The van der Waals surface area contributed by atoms with Crippen LogP contribution >= 0.6 is 0 Å². The molecule has 49 heavy (non-hydrogen) atoms. The summed E-state index contributed by atoms with van der Waals surface area (Å²) in [4.78, 5) is 16.8. The number of carbonyl (C=O) groups is 1. The smallest absolute Gasteiger partial charge is 0.164 e. The number of aromatic nitrogens is 1. The molecule has 259 valence electrons. The van der Waals surface area contributed by atoms with Gasteiger partial charge in [-0.1, -0.05) is 77.6 Å². The maximum absolute atomic E-state index is 14.3. The second-order valence-corrected chi connectivity index (χ2v) is 13.4. The van der Waals surface area contributed by atoms with E-state index >= 15 is 0 Å². The normalized spacial score (nSPS) is 12.3. The van der Waals surface area contributed by atoms with Gasteiger partial charge in [-0.25, -0.2) is 8.78 Å². The van der Waals surface area contributed by atoms with Crippen molar-refractivity contribution in [2.75, 3.05) is 0 Å². The third-order valence-corrected chi connectivity index (χ3v) is 10.5. The molecule has 4 aromatic carbocycles. The van der Waals surface area contributed by atoms with Crippen molar-refractivity contribution in [2.24, 2.45) is 10.8 Å². The fraction of sp³-hybridized carbons (Fsp3) is 0.333. The van der Waals surface area contributed by atoms with Crippen molar-refractivity contribution in [3.8, 4) is 11.3 Å². The number of furan rings is 1. The van der Waals surface area contributed by atoms with Crippen molar-refractivity contribution in [3.63, 3.8) is 0 Å². The van der Waals surface area contributed by atoms with Crippen molar-refractivity contribution in [3.05, 3.63) is 101 Å². The zero-order chi connectivity index (χ0) is 35.0. The molecule has 0 aliphatic rings. The molecule has 0 fully saturated rings. The van der Waals surface area contributed by atoms with E-state index in [2.05, 4.69) is 11.1 Å². The van der Waals surface area contributed by atoms with Crippen LogP contribution in [0, 0.1) is 42.4 Å². The van der Waals surface area contributed by atoms with Gasteiger partial charge in [0.05, 0.1) is 5.58 Å². The number of ketones is 1. The topological polar surface area (TPSA) is 63.3 Å². The van der Waals surface area contributed by atoms with E-state index in [4.69, 9.17) is 4.42 Å². The fourth-order valence-electron chi connectivity index (χ4n) is 6.09. The molecule has 0 spiro atoms. The van der Waals surface area contributed by atoms with E-state index in [1.807, 2.05) is 72.7 Å². The van der Waals surface area contributed by atoms with Gasteiger partial charge in [0.2, 0.25) is 0 Å². The van der Waals surface area contributed by atoms with Crippen LogP contribution in [-0.4, -0.2) is 15.9 Å². The van der Waals surface area contributed by atoms with E-state index in [1.165, 1.54) is 24.3 Å². The van der Waals surface area contributed by atoms with Crippen molar-refractivity contribution >= 4 is 49.3 Å². The number of aryl methyl sites for hydroxylation is 2. The quantitative estimate of drug-likeness (QED) is 0.0718. The van der Waals surface area contributed by atoms with Gasteiger partial charge in [-0.15, -0.1) is 17.7 Å². The molecule has 0 atom stereocenters. The monoisotopic (exact) mass is 841 g/mol. The number of halogens is 2. The van der Waals surface area contributed by atoms with Crippen LogP contribution in [0.25, 0.3) is 54.7 Å². The van der Waals surface area contributed by atoms with Gasteiger partial charge < -0.3 is 14.5 Å². The second-order valence-electron chi connectivity index (χ2n) is 13.4. The number of benzene rings is 4. The van der Waals surface area contributed by atoms with Crippen LogP contribution < -0.4 is 0 Å². The number of nitrogens with zero attached hydrogens (tertiary/aromatic N) is 1. The van der Waals surface area contributed by atoms with E-state index in [0.717, 1.165) is 74.8 Å². The predicted octanol–water partition coefficient (Wildman–Crippen LogP) is 12.3. The number of hydrogen-bond donors (Lipinski definition) is 1. The number of hydrogen-bond acceptors (Lipinski definition) is 4. The molecule has 0 saturated heterocycles. The number of aliphatic hydroxyl groups is 1. The van der Waals surface area contributed by atoms with Gasteiger partial charge in [-0.2, -0.15) is 0 Å². The molecule has 0 aliphatic heterocycles. The van der Waals surface area contributed by atoms with Gasteiger partial charge >= 0.3 is 0 Å². The summed E-state index contributed by atoms with van der Waals surface area (Å²) < 4.78 is 34.2. The third-order valence-electron chi connectivity index (χ3n) is 10.5. The maximum atomic E-state index is 14.3. The van der Waals surface area contributed by atoms with Gasteiger partial charge in [-0.05, 0) is 95.7 Å². The molecular weight excluding hydrogens is 797 g/mol. The molecule has 2 heterocycles. The van der Waals surface area contributed by atoms with Crippen molar-refractivity contribution in [2.45, 2.75) is 81.1 Å². The molecule has 0 amide bonds. The van der Waals surface area contributed by atoms with Gasteiger partial charge in [-0.3, -0.25) is 4.79 Å². The Labute approximate surface area is 301 Å². The number of aliphatic hydroxyl groups excluding tert-OH is 1. The Morgan fingerprint density at radius 2 is 1.49 bits per heavy atom. The zero-order valence-corrected chi connectivity index (χ0v) is 31.9. The van der Waals surface area contributed by atoms with E-state index < -0.39 is 0 Å². The molecule has 6 aromatic rings. The molecule has 7 heteroatoms. The molecule has 6 rings (SSSR count). The second kappa shape index (κ2) is 14.9. The molecular formula is C42H44F2IrNO3-. The summed E-state index contributed by atoms with van der Waals surface area (Å²) in [7, 11) is 0. The number of pyridine rings is 1. The SMILES string of the molecule is CCC(C)(CC)C(=O)/C=C(\O)C(C)(CC)CC.Cc1[c-]c(-c2nccc3c2ccc2cc(F)ccc23)c2oc3cc(C)c(F)cc3c2c1.[Ir]. The molecule has 1 N–H and O–H groups in total. The average molecular weight is 841 g/mol. The largest absolute Gasteiger partial charge is 0.512 e. The van der Waals surface area contributed by atoms with Crippen LogP contribution in [0.3, 0.4) is 0 Å². The molecule has 0 aliphatic carbocycles. The Morgan fingerprint density at radius 1 is 0.837 bits per heavy atom. The standard InChI is InChI=1S/C27H16F2NO.C15H28O2.Ir/c1-14-9-22-21-13-24(29)15(2)11-25(21)31-27(22)23(10-14)26-20-5-3-16-12-17(28)4-6-18(16)19(20)7-8-30-26;1-7-14(5,8-2)12(16)11-13(17)15(6,9-3)10-4;/h3-9,11-13H,1-2H3;11,16H,7-10H2,1-6H3;/q-1;;/b;12-11-;. The first-order valence-electron chi connectivity index (χ1n) is 16.8. The minimum absolute atomic E-state index is 0.